The van der Waals surface area contributed by atoms with Gasteiger partial charge in [-0.2, -0.15) is 0 Å². The summed E-state index contributed by atoms with van der Waals surface area (Å²) in [5.74, 6) is -0.0243. The number of nitrogens with zero attached hydrogens (tertiary/aromatic N) is 1. The van der Waals surface area contributed by atoms with E-state index in [2.05, 4.69) is 15.5 Å². The number of ether oxygens (including phenoxy) is 2. The smallest absolute Gasteiger partial charge is 0.238 e. The Bertz CT molecular complexity index is 512. The molecule has 1 amide bonds. The van der Waals surface area contributed by atoms with E-state index >= 15 is 0 Å². The molecule has 6 heteroatoms. The lowest BCUT2D eigenvalue weighted by atomic mass is 10.2. The zero-order valence-corrected chi connectivity index (χ0v) is 13.4. The highest BCUT2D eigenvalue weighted by Gasteiger charge is 2.17. The van der Waals surface area contributed by atoms with Gasteiger partial charge in [-0.1, -0.05) is 12.1 Å². The number of carbonyl (C=O) groups excluding carboxylic acids is 1. The minimum Gasteiger partial charge on any atom is -0.378 e. The van der Waals surface area contributed by atoms with Crippen molar-refractivity contribution >= 4 is 17.3 Å². The number of rotatable bonds is 6. The van der Waals surface area contributed by atoms with Crippen molar-refractivity contribution < 1.29 is 14.3 Å². The molecule has 2 heterocycles. The van der Waals surface area contributed by atoms with Crippen molar-refractivity contribution in [1.29, 1.82) is 0 Å². The Hall–Kier alpha value is -1.63. The van der Waals surface area contributed by atoms with Gasteiger partial charge in [-0.15, -0.1) is 0 Å². The molecule has 2 aliphatic heterocycles. The van der Waals surface area contributed by atoms with Gasteiger partial charge in [-0.25, -0.2) is 0 Å². The molecule has 0 aliphatic carbocycles. The molecule has 0 radical (unpaired) electrons. The standard InChI is InChI=1S/C17H25N3O3/c21-17(13-18-12-14-4-3-9-23-14)19-15-5-1-2-6-16(15)20-7-10-22-11-8-20/h1-2,5-6,14,18H,3-4,7-13H2,(H,19,21)/t14-/m0/s1. The topological polar surface area (TPSA) is 62.8 Å². The third-order valence-electron chi connectivity index (χ3n) is 4.21. The van der Waals surface area contributed by atoms with Crippen molar-refractivity contribution in [2.75, 3.05) is 56.2 Å². The number of amides is 1. The Morgan fingerprint density at radius 1 is 1.22 bits per heavy atom. The molecule has 0 aromatic heterocycles. The van der Waals surface area contributed by atoms with E-state index in [-0.39, 0.29) is 12.0 Å². The first-order valence-corrected chi connectivity index (χ1v) is 8.37. The van der Waals surface area contributed by atoms with Crippen LogP contribution < -0.4 is 15.5 Å². The van der Waals surface area contributed by atoms with Crippen LogP contribution >= 0.6 is 0 Å². The third kappa shape index (κ3) is 4.67. The monoisotopic (exact) mass is 319 g/mol. The van der Waals surface area contributed by atoms with Gasteiger partial charge in [0.15, 0.2) is 0 Å². The van der Waals surface area contributed by atoms with E-state index in [1.807, 2.05) is 24.3 Å². The van der Waals surface area contributed by atoms with Crippen molar-refractivity contribution in [2.45, 2.75) is 18.9 Å². The average Bonchev–Trinajstić information content (AvgIpc) is 3.09. The molecule has 3 rings (SSSR count). The van der Waals surface area contributed by atoms with Gasteiger partial charge in [0.1, 0.15) is 0 Å². The molecule has 0 spiro atoms. The Morgan fingerprint density at radius 2 is 2.04 bits per heavy atom. The Kier molecular flexibility index (Phi) is 5.85. The molecular weight excluding hydrogens is 294 g/mol. The molecule has 0 bridgehead atoms. The second-order valence-electron chi connectivity index (χ2n) is 5.93. The third-order valence-corrected chi connectivity index (χ3v) is 4.21. The van der Waals surface area contributed by atoms with Crippen LogP contribution in [0.5, 0.6) is 0 Å². The van der Waals surface area contributed by atoms with Crippen molar-refractivity contribution in [3.05, 3.63) is 24.3 Å². The number of hydrogen-bond donors (Lipinski definition) is 2. The van der Waals surface area contributed by atoms with Gasteiger partial charge in [0.05, 0.1) is 37.2 Å². The molecule has 6 nitrogen and oxygen atoms in total. The maximum Gasteiger partial charge on any atom is 0.238 e. The minimum atomic E-state index is -0.0243. The molecule has 0 saturated carbocycles. The first-order chi connectivity index (χ1) is 11.3. The van der Waals surface area contributed by atoms with Crippen molar-refractivity contribution in [1.82, 2.24) is 5.32 Å². The van der Waals surface area contributed by atoms with E-state index in [1.54, 1.807) is 0 Å². The highest BCUT2D eigenvalue weighted by atomic mass is 16.5. The number of hydrogen-bond acceptors (Lipinski definition) is 5. The van der Waals surface area contributed by atoms with Crippen LogP contribution in [0.1, 0.15) is 12.8 Å². The van der Waals surface area contributed by atoms with Crippen LogP contribution in [-0.4, -0.2) is 58.0 Å². The molecule has 1 aromatic carbocycles. The molecule has 23 heavy (non-hydrogen) atoms. The fourth-order valence-corrected chi connectivity index (χ4v) is 3.01. The van der Waals surface area contributed by atoms with E-state index in [4.69, 9.17) is 9.47 Å². The summed E-state index contributed by atoms with van der Waals surface area (Å²) in [6, 6.07) is 7.93. The maximum atomic E-state index is 12.2. The Labute approximate surface area is 137 Å². The number of morpholine rings is 1. The van der Waals surface area contributed by atoms with Gasteiger partial charge in [0.2, 0.25) is 5.91 Å². The molecular formula is C17H25N3O3. The lowest BCUT2D eigenvalue weighted by Gasteiger charge is -2.30. The minimum absolute atomic E-state index is 0.0243. The quantitative estimate of drug-likeness (QED) is 0.826. The second-order valence-corrected chi connectivity index (χ2v) is 5.93. The van der Waals surface area contributed by atoms with Gasteiger partial charge in [-0.05, 0) is 25.0 Å². The van der Waals surface area contributed by atoms with Crippen LogP contribution in [0.4, 0.5) is 11.4 Å². The highest BCUT2D eigenvalue weighted by Crippen LogP contribution is 2.26. The van der Waals surface area contributed by atoms with E-state index in [0.29, 0.717) is 6.54 Å². The zero-order valence-electron chi connectivity index (χ0n) is 13.4. The lowest BCUT2D eigenvalue weighted by molar-refractivity contribution is -0.115. The number of nitrogens with one attached hydrogen (secondary N) is 2. The van der Waals surface area contributed by atoms with Gasteiger partial charge in [-0.3, -0.25) is 4.79 Å². The molecule has 2 N–H and O–H groups in total. The summed E-state index contributed by atoms with van der Waals surface area (Å²) in [6.07, 6.45) is 2.45. The Balaban J connectivity index is 1.51. The van der Waals surface area contributed by atoms with Crippen molar-refractivity contribution in [3.8, 4) is 0 Å². The first-order valence-electron chi connectivity index (χ1n) is 8.37. The molecule has 2 saturated heterocycles. The fourth-order valence-electron chi connectivity index (χ4n) is 3.01. The van der Waals surface area contributed by atoms with Crippen LogP contribution in [0, 0.1) is 0 Å². The lowest BCUT2D eigenvalue weighted by Crippen LogP contribution is -2.37. The largest absolute Gasteiger partial charge is 0.378 e. The summed E-state index contributed by atoms with van der Waals surface area (Å²) in [5.41, 5.74) is 1.92. The summed E-state index contributed by atoms with van der Waals surface area (Å²) in [5, 5.41) is 6.18. The van der Waals surface area contributed by atoms with Gasteiger partial charge in [0.25, 0.3) is 0 Å². The fraction of sp³-hybridized carbons (Fsp3) is 0.588. The highest BCUT2D eigenvalue weighted by molar-refractivity contribution is 5.95. The van der Waals surface area contributed by atoms with Crippen LogP contribution in [0.15, 0.2) is 24.3 Å². The van der Waals surface area contributed by atoms with Crippen LogP contribution in [0.2, 0.25) is 0 Å². The van der Waals surface area contributed by atoms with Crippen LogP contribution in [-0.2, 0) is 14.3 Å². The number of anilines is 2. The van der Waals surface area contributed by atoms with Crippen molar-refractivity contribution in [2.24, 2.45) is 0 Å². The molecule has 0 unspecified atom stereocenters. The number of carbonyl (C=O) groups is 1. The van der Waals surface area contributed by atoms with E-state index < -0.39 is 0 Å². The number of para-hydroxylation sites is 2. The predicted octanol–water partition coefficient (Wildman–Crippen LogP) is 1.23. The summed E-state index contributed by atoms with van der Waals surface area (Å²) in [4.78, 5) is 14.4. The van der Waals surface area contributed by atoms with Crippen LogP contribution in [0.25, 0.3) is 0 Å². The molecule has 2 aliphatic rings. The van der Waals surface area contributed by atoms with Gasteiger partial charge >= 0.3 is 0 Å². The molecule has 126 valence electrons. The second kappa shape index (κ2) is 8.29. The van der Waals surface area contributed by atoms with E-state index in [0.717, 1.165) is 63.7 Å². The normalized spacial score (nSPS) is 21.4. The summed E-state index contributed by atoms with van der Waals surface area (Å²) >= 11 is 0. The van der Waals surface area contributed by atoms with E-state index in [9.17, 15) is 4.79 Å². The molecule has 1 atom stereocenters. The van der Waals surface area contributed by atoms with Gasteiger partial charge in [0, 0.05) is 26.2 Å². The average molecular weight is 319 g/mol. The molecule has 1 aromatic rings. The summed E-state index contributed by atoms with van der Waals surface area (Å²) in [7, 11) is 0. The van der Waals surface area contributed by atoms with E-state index in [1.165, 1.54) is 0 Å². The number of benzene rings is 1. The maximum absolute atomic E-state index is 12.2. The summed E-state index contributed by atoms with van der Waals surface area (Å²) in [6.45, 7) is 5.03. The molecule has 2 fully saturated rings. The van der Waals surface area contributed by atoms with Crippen LogP contribution in [0.3, 0.4) is 0 Å². The predicted molar refractivity (Wildman–Crippen MR) is 89.9 cm³/mol. The summed E-state index contributed by atoms with van der Waals surface area (Å²) < 4.78 is 10.9. The van der Waals surface area contributed by atoms with Gasteiger partial charge < -0.3 is 25.0 Å². The Morgan fingerprint density at radius 3 is 2.83 bits per heavy atom. The first kappa shape index (κ1) is 16.2. The SMILES string of the molecule is O=C(CNC[C@@H]1CCCO1)Nc1ccccc1N1CCOCC1. The van der Waals surface area contributed by atoms with Crippen molar-refractivity contribution in [3.63, 3.8) is 0 Å². The zero-order chi connectivity index (χ0) is 15.9.